The third-order valence-corrected chi connectivity index (χ3v) is 5.94. The molecule has 1 heterocycles. The number of nitrogens with zero attached hydrogens (tertiary/aromatic N) is 2. The van der Waals surface area contributed by atoms with E-state index >= 15 is 0 Å². The van der Waals surface area contributed by atoms with Crippen LogP contribution in [0.2, 0.25) is 5.02 Å². The Bertz CT molecular complexity index is 1280. The van der Waals surface area contributed by atoms with E-state index in [0.29, 0.717) is 21.3 Å². The van der Waals surface area contributed by atoms with Crippen LogP contribution in [0.4, 0.5) is 11.4 Å². The van der Waals surface area contributed by atoms with Crippen LogP contribution in [-0.4, -0.2) is 35.9 Å². The van der Waals surface area contributed by atoms with Gasteiger partial charge in [-0.15, -0.1) is 0 Å². The maximum Gasteiger partial charge on any atom is 0.341 e. The monoisotopic (exact) mass is 494 g/mol. The minimum Gasteiger partial charge on any atom is -0.493 e. The van der Waals surface area contributed by atoms with Gasteiger partial charge in [0.2, 0.25) is 0 Å². The molecule has 3 aromatic rings. The summed E-state index contributed by atoms with van der Waals surface area (Å²) in [6.07, 6.45) is 1.69. The fraction of sp³-hybridized carbons (Fsp3) is 0.0800. The fourth-order valence-corrected chi connectivity index (χ4v) is 4.49. The van der Waals surface area contributed by atoms with Crippen LogP contribution in [0.5, 0.6) is 11.5 Å². The van der Waals surface area contributed by atoms with Gasteiger partial charge in [0.1, 0.15) is 0 Å². The Morgan fingerprint density at radius 2 is 1.79 bits per heavy atom. The van der Waals surface area contributed by atoms with Crippen LogP contribution >= 0.6 is 23.4 Å². The predicted octanol–water partition coefficient (Wildman–Crippen LogP) is 5.62. The van der Waals surface area contributed by atoms with Gasteiger partial charge in [-0.1, -0.05) is 48.0 Å². The number of carboxylic acids is 1. The third kappa shape index (κ3) is 5.24. The summed E-state index contributed by atoms with van der Waals surface area (Å²) < 4.78 is 10.6. The number of methoxy groups -OCH3 is 1. The van der Waals surface area contributed by atoms with Gasteiger partial charge >= 0.3 is 5.97 Å². The predicted molar refractivity (Wildman–Crippen MR) is 134 cm³/mol. The second kappa shape index (κ2) is 10.5. The van der Waals surface area contributed by atoms with Crippen molar-refractivity contribution in [3.05, 3.63) is 88.3 Å². The van der Waals surface area contributed by atoms with Crippen molar-refractivity contribution in [3.8, 4) is 11.5 Å². The first-order chi connectivity index (χ1) is 16.5. The SMILES string of the molecule is COc1cc(/C=C2/SC(=Nc3ccccc3)N(c3ccccc3)C2=O)cc(Cl)c1OCC(=O)O. The quantitative estimate of drug-likeness (QED) is 0.429. The maximum atomic E-state index is 13.4. The van der Waals surface area contributed by atoms with Crippen molar-refractivity contribution in [2.24, 2.45) is 4.99 Å². The number of benzene rings is 3. The van der Waals surface area contributed by atoms with Crippen molar-refractivity contribution in [1.82, 2.24) is 0 Å². The van der Waals surface area contributed by atoms with Crippen LogP contribution in [0.1, 0.15) is 5.56 Å². The zero-order valence-electron chi connectivity index (χ0n) is 18.0. The Hall–Kier alpha value is -3.75. The maximum absolute atomic E-state index is 13.4. The summed E-state index contributed by atoms with van der Waals surface area (Å²) in [4.78, 5) is 30.9. The van der Waals surface area contributed by atoms with Crippen LogP contribution in [0.15, 0.2) is 82.7 Å². The number of hydrogen-bond donors (Lipinski definition) is 1. The second-order valence-corrected chi connectivity index (χ2v) is 8.45. The molecule has 0 aromatic heterocycles. The van der Waals surface area contributed by atoms with Crippen LogP contribution < -0.4 is 14.4 Å². The molecule has 34 heavy (non-hydrogen) atoms. The lowest BCUT2D eigenvalue weighted by atomic mass is 10.1. The Kier molecular flexibility index (Phi) is 7.20. The van der Waals surface area contributed by atoms with Gasteiger partial charge in [0, 0.05) is 0 Å². The largest absolute Gasteiger partial charge is 0.493 e. The van der Waals surface area contributed by atoms with Crippen LogP contribution in [0.3, 0.4) is 0 Å². The van der Waals surface area contributed by atoms with Gasteiger partial charge in [-0.05, 0) is 59.8 Å². The van der Waals surface area contributed by atoms with Gasteiger partial charge in [0.05, 0.1) is 28.4 Å². The van der Waals surface area contributed by atoms with E-state index in [9.17, 15) is 9.59 Å². The highest BCUT2D eigenvalue weighted by Crippen LogP contribution is 2.40. The van der Waals surface area contributed by atoms with E-state index in [1.165, 1.54) is 18.9 Å². The number of carbonyl (C=O) groups is 2. The van der Waals surface area contributed by atoms with Crippen LogP contribution in [0.25, 0.3) is 6.08 Å². The summed E-state index contributed by atoms with van der Waals surface area (Å²) >= 11 is 7.57. The van der Waals surface area contributed by atoms with E-state index in [1.54, 1.807) is 23.1 Å². The van der Waals surface area contributed by atoms with E-state index in [2.05, 4.69) is 4.99 Å². The van der Waals surface area contributed by atoms with Crippen molar-refractivity contribution in [2.75, 3.05) is 18.6 Å². The molecule has 1 saturated heterocycles. The smallest absolute Gasteiger partial charge is 0.341 e. The summed E-state index contributed by atoms with van der Waals surface area (Å²) in [6.45, 7) is -0.559. The molecule has 1 aliphatic heterocycles. The van der Waals surface area contributed by atoms with Gasteiger partial charge in [0.15, 0.2) is 23.3 Å². The van der Waals surface area contributed by atoms with Crippen molar-refractivity contribution < 1.29 is 24.2 Å². The number of rotatable bonds is 7. The number of hydrogen-bond acceptors (Lipinski definition) is 6. The number of anilines is 1. The van der Waals surface area contributed by atoms with Crippen LogP contribution in [0, 0.1) is 0 Å². The molecule has 0 unspecified atom stereocenters. The molecule has 3 aromatic carbocycles. The first-order valence-electron chi connectivity index (χ1n) is 10.1. The van der Waals surface area contributed by atoms with E-state index in [4.69, 9.17) is 26.2 Å². The molecule has 172 valence electrons. The third-order valence-electron chi connectivity index (χ3n) is 4.69. The fourth-order valence-electron chi connectivity index (χ4n) is 3.21. The number of amides is 1. The van der Waals surface area contributed by atoms with Crippen molar-refractivity contribution in [3.63, 3.8) is 0 Å². The minimum absolute atomic E-state index is 0.122. The van der Waals surface area contributed by atoms with Crippen molar-refractivity contribution >= 4 is 57.9 Å². The molecule has 1 aliphatic rings. The van der Waals surface area contributed by atoms with E-state index < -0.39 is 12.6 Å². The lowest BCUT2D eigenvalue weighted by Gasteiger charge is -2.15. The molecule has 0 spiro atoms. The normalized spacial score (nSPS) is 15.7. The first kappa shape index (κ1) is 23.4. The number of aliphatic carboxylic acids is 1. The minimum atomic E-state index is -1.14. The van der Waals surface area contributed by atoms with E-state index in [1.807, 2.05) is 60.7 Å². The first-order valence-corrected chi connectivity index (χ1v) is 11.3. The number of carboxylic acid groups (broad SMARTS) is 1. The average Bonchev–Trinajstić information content (AvgIpc) is 3.13. The Morgan fingerprint density at radius 1 is 1.12 bits per heavy atom. The Labute approximate surface area is 205 Å². The average molecular weight is 495 g/mol. The number of halogens is 1. The summed E-state index contributed by atoms with van der Waals surface area (Å²) in [6, 6.07) is 21.9. The topological polar surface area (TPSA) is 88.4 Å². The highest BCUT2D eigenvalue weighted by Gasteiger charge is 2.34. The van der Waals surface area contributed by atoms with E-state index in [-0.39, 0.29) is 22.4 Å². The van der Waals surface area contributed by atoms with Gasteiger partial charge in [-0.3, -0.25) is 9.69 Å². The molecular formula is C25H19ClN2O5S. The lowest BCUT2D eigenvalue weighted by molar-refractivity contribution is -0.139. The number of amidine groups is 1. The highest BCUT2D eigenvalue weighted by molar-refractivity contribution is 8.19. The summed E-state index contributed by atoms with van der Waals surface area (Å²) in [5, 5.41) is 9.57. The molecule has 0 saturated carbocycles. The van der Waals surface area contributed by atoms with E-state index in [0.717, 1.165) is 5.69 Å². The van der Waals surface area contributed by atoms with Gasteiger partial charge < -0.3 is 14.6 Å². The Morgan fingerprint density at radius 3 is 2.44 bits per heavy atom. The number of thioether (sulfide) groups is 1. The standard InChI is InChI=1S/C25H19ClN2O5S/c1-32-20-13-16(12-19(26)23(20)33-15-22(29)30)14-21-24(31)28(18-10-6-3-7-11-18)25(34-21)27-17-8-4-2-5-9-17/h2-14H,15H2,1H3,(H,29,30)/b21-14+,27-25?. The van der Waals surface area contributed by atoms with Crippen molar-refractivity contribution in [1.29, 1.82) is 0 Å². The Balaban J connectivity index is 1.72. The molecule has 0 bridgehead atoms. The summed E-state index contributed by atoms with van der Waals surface area (Å²) in [7, 11) is 1.42. The molecule has 9 heteroatoms. The second-order valence-electron chi connectivity index (χ2n) is 7.03. The van der Waals surface area contributed by atoms with Gasteiger partial charge in [-0.25, -0.2) is 9.79 Å². The summed E-state index contributed by atoms with van der Waals surface area (Å²) in [5.41, 5.74) is 2.02. The molecule has 7 nitrogen and oxygen atoms in total. The molecule has 1 fully saturated rings. The molecule has 0 aliphatic carbocycles. The molecule has 0 radical (unpaired) electrons. The van der Waals surface area contributed by atoms with Crippen LogP contribution in [-0.2, 0) is 9.59 Å². The molecular weight excluding hydrogens is 476 g/mol. The molecule has 1 amide bonds. The van der Waals surface area contributed by atoms with Crippen molar-refractivity contribution in [2.45, 2.75) is 0 Å². The molecule has 1 N–H and O–H groups in total. The number of carbonyl (C=O) groups excluding carboxylic acids is 1. The number of ether oxygens (including phenoxy) is 2. The zero-order chi connectivity index (χ0) is 24.1. The van der Waals surface area contributed by atoms with Gasteiger partial charge in [-0.2, -0.15) is 0 Å². The van der Waals surface area contributed by atoms with Gasteiger partial charge in [0.25, 0.3) is 5.91 Å². The number of para-hydroxylation sites is 2. The molecule has 4 rings (SSSR count). The highest BCUT2D eigenvalue weighted by atomic mass is 35.5. The lowest BCUT2D eigenvalue weighted by Crippen LogP contribution is -2.28. The summed E-state index contributed by atoms with van der Waals surface area (Å²) in [5.74, 6) is -0.985. The number of aliphatic imine (C=N–C) groups is 1. The zero-order valence-corrected chi connectivity index (χ0v) is 19.5. The molecule has 0 atom stereocenters.